The second-order valence-electron chi connectivity index (χ2n) is 16.7. The molecule has 0 bridgehead atoms. The summed E-state index contributed by atoms with van der Waals surface area (Å²) in [5, 5.41) is 0. The predicted molar refractivity (Wildman–Crippen MR) is 202 cm³/mol. The first kappa shape index (κ1) is 36.2. The van der Waals surface area contributed by atoms with Crippen LogP contribution >= 0.6 is 0 Å². The van der Waals surface area contributed by atoms with Crippen LogP contribution in [0.1, 0.15) is 93.6 Å². The third kappa shape index (κ3) is 7.70. The number of amides is 4. The van der Waals surface area contributed by atoms with Gasteiger partial charge in [-0.2, -0.15) is 0 Å². The SMILES string of the molecule is O=C(C1CCCC1)N1CCN(C(=O)C2CC2c2ccc3c(c2)OCO3)CC1.O=C(C1CCCCC1)N1CCN(C(=O)C2CC2c2ccc3c(c2)OCO3)CC1. The van der Waals surface area contributed by atoms with Gasteiger partial charge in [0.2, 0.25) is 37.2 Å². The second kappa shape index (κ2) is 15.6. The molecule has 12 nitrogen and oxygen atoms in total. The summed E-state index contributed by atoms with van der Waals surface area (Å²) in [7, 11) is 0. The molecule has 4 atom stereocenters. The molecule has 4 aliphatic carbocycles. The van der Waals surface area contributed by atoms with Crippen molar-refractivity contribution in [1.82, 2.24) is 19.6 Å². The molecule has 294 valence electrons. The Balaban J connectivity index is 0.000000144. The van der Waals surface area contributed by atoms with Gasteiger partial charge in [-0.1, -0.05) is 44.2 Å². The molecule has 4 aliphatic heterocycles. The Morgan fingerprint density at radius 1 is 0.436 bits per heavy atom. The molecule has 10 rings (SSSR count). The van der Waals surface area contributed by atoms with E-state index in [0.29, 0.717) is 64.2 Å². The van der Waals surface area contributed by atoms with Crippen molar-refractivity contribution in [2.75, 3.05) is 65.9 Å². The minimum absolute atomic E-state index is 0.0703. The van der Waals surface area contributed by atoms with Crippen molar-refractivity contribution in [2.24, 2.45) is 23.7 Å². The van der Waals surface area contributed by atoms with Crippen LogP contribution in [0.5, 0.6) is 23.0 Å². The Morgan fingerprint density at radius 2 is 0.782 bits per heavy atom. The molecule has 8 aliphatic rings. The van der Waals surface area contributed by atoms with Crippen LogP contribution in [0, 0.1) is 23.7 Å². The molecular formula is C43H54N4O8. The lowest BCUT2D eigenvalue weighted by Gasteiger charge is -2.37. The average molecular weight is 755 g/mol. The van der Waals surface area contributed by atoms with E-state index >= 15 is 0 Å². The predicted octanol–water partition coefficient (Wildman–Crippen LogP) is 5.15. The van der Waals surface area contributed by atoms with Gasteiger partial charge in [-0.3, -0.25) is 19.2 Å². The molecule has 4 saturated carbocycles. The minimum atomic E-state index is 0.0703. The molecule has 4 amide bonds. The number of ether oxygens (including phenoxy) is 4. The molecule has 2 saturated heterocycles. The second-order valence-corrected chi connectivity index (χ2v) is 16.7. The molecule has 0 N–H and O–H groups in total. The lowest BCUT2D eigenvalue weighted by molar-refractivity contribution is -0.143. The fourth-order valence-corrected chi connectivity index (χ4v) is 9.76. The first-order valence-corrected chi connectivity index (χ1v) is 20.9. The van der Waals surface area contributed by atoms with Crippen LogP contribution in [0.3, 0.4) is 0 Å². The minimum Gasteiger partial charge on any atom is -0.454 e. The van der Waals surface area contributed by atoms with Gasteiger partial charge < -0.3 is 38.5 Å². The van der Waals surface area contributed by atoms with Crippen LogP contribution in [0.25, 0.3) is 0 Å². The molecule has 0 radical (unpaired) electrons. The summed E-state index contributed by atoms with van der Waals surface area (Å²) < 4.78 is 21.6. The maximum Gasteiger partial charge on any atom is 0.231 e. The summed E-state index contributed by atoms with van der Waals surface area (Å²) in [6.45, 7) is 5.95. The van der Waals surface area contributed by atoms with Crippen molar-refractivity contribution in [3.63, 3.8) is 0 Å². The van der Waals surface area contributed by atoms with Crippen LogP contribution in [0.15, 0.2) is 36.4 Å². The van der Waals surface area contributed by atoms with Gasteiger partial charge in [0.1, 0.15) is 0 Å². The Labute approximate surface area is 323 Å². The third-order valence-corrected chi connectivity index (χ3v) is 13.3. The van der Waals surface area contributed by atoms with Gasteiger partial charge >= 0.3 is 0 Å². The Kier molecular flexibility index (Phi) is 10.2. The number of hydrogen-bond acceptors (Lipinski definition) is 8. The summed E-state index contributed by atoms with van der Waals surface area (Å²) in [5.41, 5.74) is 2.32. The smallest absolute Gasteiger partial charge is 0.231 e. The molecule has 55 heavy (non-hydrogen) atoms. The highest BCUT2D eigenvalue weighted by Gasteiger charge is 2.48. The first-order chi connectivity index (χ1) is 26.9. The zero-order chi connectivity index (χ0) is 37.5. The van der Waals surface area contributed by atoms with E-state index in [1.165, 1.54) is 32.1 Å². The number of hydrogen-bond donors (Lipinski definition) is 0. The number of carbonyl (C=O) groups excluding carboxylic acids is 4. The molecule has 2 aromatic carbocycles. The third-order valence-electron chi connectivity index (χ3n) is 13.3. The van der Waals surface area contributed by atoms with E-state index in [0.717, 1.165) is 72.6 Å². The maximum absolute atomic E-state index is 12.9. The van der Waals surface area contributed by atoms with E-state index in [1.54, 1.807) is 0 Å². The largest absolute Gasteiger partial charge is 0.454 e. The monoisotopic (exact) mass is 754 g/mol. The van der Waals surface area contributed by atoms with Gasteiger partial charge in [0.15, 0.2) is 23.0 Å². The van der Waals surface area contributed by atoms with E-state index in [9.17, 15) is 19.2 Å². The van der Waals surface area contributed by atoms with E-state index in [-0.39, 0.29) is 60.9 Å². The summed E-state index contributed by atoms with van der Waals surface area (Å²) in [5.74, 6) is 5.39. The fraction of sp³-hybridized carbons (Fsp3) is 0.628. The Bertz CT molecular complexity index is 1770. The van der Waals surface area contributed by atoms with E-state index in [2.05, 4.69) is 0 Å². The molecule has 6 fully saturated rings. The van der Waals surface area contributed by atoms with Crippen LogP contribution in [0.2, 0.25) is 0 Å². The van der Waals surface area contributed by atoms with E-state index < -0.39 is 0 Å². The number of carbonyl (C=O) groups is 4. The number of rotatable bonds is 6. The van der Waals surface area contributed by atoms with Gasteiger partial charge in [-0.05, 0) is 85.8 Å². The fourth-order valence-electron chi connectivity index (χ4n) is 9.76. The highest BCUT2D eigenvalue weighted by Crippen LogP contribution is 2.51. The summed E-state index contributed by atoms with van der Waals surface area (Å²) in [6, 6.07) is 12.0. The van der Waals surface area contributed by atoms with Crippen LogP contribution in [-0.2, 0) is 19.2 Å². The summed E-state index contributed by atoms with van der Waals surface area (Å²) in [6.07, 6.45) is 11.9. The Hall–Kier alpha value is -4.48. The van der Waals surface area contributed by atoms with E-state index in [4.69, 9.17) is 18.9 Å². The van der Waals surface area contributed by atoms with Gasteiger partial charge in [-0.15, -0.1) is 0 Å². The highest BCUT2D eigenvalue weighted by atomic mass is 16.7. The Morgan fingerprint density at radius 3 is 1.18 bits per heavy atom. The molecule has 4 unspecified atom stereocenters. The number of nitrogens with zero attached hydrogens (tertiary/aromatic N) is 4. The van der Waals surface area contributed by atoms with Gasteiger partial charge in [-0.25, -0.2) is 0 Å². The molecule has 12 heteroatoms. The van der Waals surface area contributed by atoms with E-state index in [1.807, 2.05) is 56.0 Å². The molecular weight excluding hydrogens is 700 g/mol. The number of benzene rings is 2. The van der Waals surface area contributed by atoms with Gasteiger partial charge in [0.25, 0.3) is 0 Å². The average Bonchev–Trinajstić information content (AvgIpc) is 3.98. The van der Waals surface area contributed by atoms with Crippen LogP contribution < -0.4 is 18.9 Å². The maximum atomic E-state index is 12.9. The summed E-state index contributed by atoms with van der Waals surface area (Å²) >= 11 is 0. The summed E-state index contributed by atoms with van der Waals surface area (Å²) in [4.78, 5) is 58.9. The van der Waals surface area contributed by atoms with Crippen molar-refractivity contribution >= 4 is 23.6 Å². The number of fused-ring (bicyclic) bond motifs is 2. The van der Waals surface area contributed by atoms with Crippen molar-refractivity contribution < 1.29 is 38.1 Å². The molecule has 0 aromatic heterocycles. The zero-order valence-electron chi connectivity index (χ0n) is 31.8. The normalized spacial score (nSPS) is 27.1. The molecule has 0 spiro atoms. The first-order valence-electron chi connectivity index (χ1n) is 20.9. The van der Waals surface area contributed by atoms with Crippen LogP contribution in [0.4, 0.5) is 0 Å². The molecule has 2 aromatic rings. The van der Waals surface area contributed by atoms with Gasteiger partial charge in [0, 0.05) is 76.0 Å². The lowest BCUT2D eigenvalue weighted by Crippen LogP contribution is -2.52. The van der Waals surface area contributed by atoms with Crippen molar-refractivity contribution in [2.45, 2.75) is 82.5 Å². The topological polar surface area (TPSA) is 118 Å². The number of piperazine rings is 2. The van der Waals surface area contributed by atoms with Crippen molar-refractivity contribution in [3.05, 3.63) is 47.5 Å². The van der Waals surface area contributed by atoms with Gasteiger partial charge in [0.05, 0.1) is 0 Å². The zero-order valence-corrected chi connectivity index (χ0v) is 31.8. The van der Waals surface area contributed by atoms with Crippen molar-refractivity contribution in [1.29, 1.82) is 0 Å². The van der Waals surface area contributed by atoms with Crippen molar-refractivity contribution in [3.8, 4) is 23.0 Å². The highest BCUT2D eigenvalue weighted by molar-refractivity contribution is 5.85. The van der Waals surface area contributed by atoms with Crippen LogP contribution in [-0.4, -0.2) is 109 Å². The lowest BCUT2D eigenvalue weighted by atomic mass is 9.88. The quantitative estimate of drug-likeness (QED) is 0.398. The molecule has 4 heterocycles. The standard InChI is InChI=1S/C22H28N2O4.C21H26N2O4/c25-21(15-4-2-1-3-5-15)23-8-10-24(11-9-23)22(26)18-13-17(18)16-6-7-19-20(12-16)28-14-27-19;24-20(14-3-1-2-4-14)22-7-9-23(10-8-22)21(25)17-12-16(17)15-5-6-18-19(11-15)27-13-26-18/h6-7,12,15,17-18H,1-5,8-11,13-14H2;5-6,11,14,16-17H,1-4,7-10,12-13H2.